The Kier molecular flexibility index (Phi) is 2.38. The lowest BCUT2D eigenvalue weighted by Gasteiger charge is -2.26. The first-order chi connectivity index (χ1) is 8.99. The summed E-state index contributed by atoms with van der Waals surface area (Å²) in [6.07, 6.45) is 1.36. The lowest BCUT2D eigenvalue weighted by atomic mass is 10.0. The van der Waals surface area contributed by atoms with Gasteiger partial charge in [-0.25, -0.2) is 4.79 Å². The Hall–Kier alpha value is -2.30. The van der Waals surface area contributed by atoms with Crippen molar-refractivity contribution >= 4 is 16.9 Å². The van der Waals surface area contributed by atoms with E-state index in [-0.39, 0.29) is 11.7 Å². The Balaban J connectivity index is 2.51. The fraction of sp³-hybridized carbons (Fsp3) is 0.286. The van der Waals surface area contributed by atoms with Crippen molar-refractivity contribution in [2.75, 3.05) is 0 Å². The highest BCUT2D eigenvalue weighted by Gasteiger charge is 2.23. The Morgan fingerprint density at radius 1 is 1.47 bits per heavy atom. The minimum absolute atomic E-state index is 0.0532. The highest BCUT2D eigenvalue weighted by molar-refractivity contribution is 5.95. The van der Waals surface area contributed by atoms with Gasteiger partial charge in [-0.15, -0.1) is 0 Å². The maximum absolute atomic E-state index is 12.3. The summed E-state index contributed by atoms with van der Waals surface area (Å²) in [5.41, 5.74) is 0.810. The van der Waals surface area contributed by atoms with Gasteiger partial charge >= 0.3 is 5.97 Å². The number of hydrogen-bond acceptors (Lipinski definition) is 3. The van der Waals surface area contributed by atoms with Crippen molar-refractivity contribution in [3.63, 3.8) is 0 Å². The van der Waals surface area contributed by atoms with Gasteiger partial charge in [-0.05, 0) is 25.5 Å². The van der Waals surface area contributed by atoms with Crippen molar-refractivity contribution in [2.45, 2.75) is 26.5 Å². The number of aromatic carboxylic acids is 1. The van der Waals surface area contributed by atoms with Gasteiger partial charge in [-0.3, -0.25) is 4.79 Å². The number of rotatable bonds is 1. The number of pyridine rings is 1. The van der Waals surface area contributed by atoms with Crippen LogP contribution in [0.5, 0.6) is 5.75 Å². The van der Waals surface area contributed by atoms with Crippen LogP contribution in [-0.4, -0.2) is 21.7 Å². The molecular formula is C14H13NO4. The van der Waals surface area contributed by atoms with Crippen molar-refractivity contribution in [2.24, 2.45) is 0 Å². The van der Waals surface area contributed by atoms with Crippen LogP contribution in [0.15, 0.2) is 23.1 Å². The molecule has 3 rings (SSSR count). The number of nitrogens with zero attached hydrogens (tertiary/aromatic N) is 1. The molecule has 1 aliphatic rings. The summed E-state index contributed by atoms with van der Waals surface area (Å²) in [6, 6.07) is 3.61. The average Bonchev–Trinajstić information content (AvgIpc) is 2.34. The van der Waals surface area contributed by atoms with E-state index in [1.807, 2.05) is 13.0 Å². The summed E-state index contributed by atoms with van der Waals surface area (Å²) < 4.78 is 7.51. The van der Waals surface area contributed by atoms with Crippen molar-refractivity contribution in [3.05, 3.63) is 39.7 Å². The molecular weight excluding hydrogens is 246 g/mol. The highest BCUT2D eigenvalue weighted by atomic mass is 16.5. The van der Waals surface area contributed by atoms with Crippen LogP contribution in [0.4, 0.5) is 0 Å². The van der Waals surface area contributed by atoms with E-state index < -0.39 is 11.4 Å². The van der Waals surface area contributed by atoms with E-state index >= 15 is 0 Å². The number of ether oxygens (including phenoxy) is 1. The van der Waals surface area contributed by atoms with Gasteiger partial charge in [-0.1, -0.05) is 6.07 Å². The lowest BCUT2D eigenvalue weighted by molar-refractivity contribution is 0.0694. The van der Waals surface area contributed by atoms with Crippen LogP contribution in [0.2, 0.25) is 0 Å². The summed E-state index contributed by atoms with van der Waals surface area (Å²) in [4.78, 5) is 23.5. The Labute approximate surface area is 109 Å². The topological polar surface area (TPSA) is 68.5 Å². The van der Waals surface area contributed by atoms with Crippen LogP contribution in [0.1, 0.15) is 22.8 Å². The van der Waals surface area contributed by atoms with Crippen LogP contribution in [0, 0.1) is 6.92 Å². The molecule has 0 fully saturated rings. The van der Waals surface area contributed by atoms with E-state index in [4.69, 9.17) is 9.84 Å². The monoisotopic (exact) mass is 259 g/mol. The summed E-state index contributed by atoms with van der Waals surface area (Å²) in [5.74, 6) is -0.562. The molecule has 98 valence electrons. The highest BCUT2D eigenvalue weighted by Crippen LogP contribution is 2.31. The number of carbonyl (C=O) groups is 1. The SMILES string of the molecule is Cc1ccc2c3c1c(=O)c(C(=O)O)cn3CC(C)O2. The van der Waals surface area contributed by atoms with E-state index in [1.54, 1.807) is 17.6 Å². The zero-order valence-corrected chi connectivity index (χ0v) is 10.6. The minimum atomic E-state index is -1.19. The molecule has 0 saturated carbocycles. The van der Waals surface area contributed by atoms with Gasteiger partial charge in [-0.2, -0.15) is 0 Å². The molecule has 0 saturated heterocycles. The second-order valence-electron chi connectivity index (χ2n) is 4.86. The predicted molar refractivity (Wildman–Crippen MR) is 70.0 cm³/mol. The number of aryl methyl sites for hydroxylation is 1. The van der Waals surface area contributed by atoms with Gasteiger partial charge < -0.3 is 14.4 Å². The number of carboxylic acids is 1. The zero-order chi connectivity index (χ0) is 13.7. The maximum atomic E-state index is 12.3. The first-order valence-corrected chi connectivity index (χ1v) is 6.05. The Bertz CT molecular complexity index is 760. The zero-order valence-electron chi connectivity index (χ0n) is 10.6. The van der Waals surface area contributed by atoms with Crippen LogP contribution >= 0.6 is 0 Å². The minimum Gasteiger partial charge on any atom is -0.487 e. The van der Waals surface area contributed by atoms with E-state index in [0.717, 1.165) is 5.56 Å². The molecule has 0 radical (unpaired) electrons. The first-order valence-electron chi connectivity index (χ1n) is 6.05. The third-order valence-corrected chi connectivity index (χ3v) is 3.41. The molecule has 0 bridgehead atoms. The van der Waals surface area contributed by atoms with E-state index in [1.165, 1.54) is 6.20 Å². The number of aromatic nitrogens is 1. The van der Waals surface area contributed by atoms with Crippen molar-refractivity contribution < 1.29 is 14.6 Å². The van der Waals surface area contributed by atoms with E-state index in [9.17, 15) is 9.59 Å². The molecule has 1 aromatic heterocycles. The molecule has 1 aromatic carbocycles. The standard InChI is InChI=1S/C14H13NO4/c1-7-3-4-10-12-11(7)13(16)9(14(17)18)6-15(12)5-8(2)19-10/h3-4,6,8H,5H2,1-2H3,(H,17,18). The first kappa shape index (κ1) is 11.8. The number of hydrogen-bond donors (Lipinski definition) is 1. The molecule has 1 atom stereocenters. The Morgan fingerprint density at radius 3 is 2.89 bits per heavy atom. The molecule has 2 heterocycles. The smallest absolute Gasteiger partial charge is 0.341 e. The van der Waals surface area contributed by atoms with Crippen LogP contribution < -0.4 is 10.2 Å². The van der Waals surface area contributed by atoms with Gasteiger partial charge in [0.2, 0.25) is 5.43 Å². The van der Waals surface area contributed by atoms with Gasteiger partial charge in [0.05, 0.1) is 17.4 Å². The molecule has 5 heteroatoms. The van der Waals surface area contributed by atoms with Crippen LogP contribution in [-0.2, 0) is 6.54 Å². The molecule has 0 spiro atoms. The third kappa shape index (κ3) is 1.62. The normalized spacial score (nSPS) is 17.3. The molecule has 0 aliphatic carbocycles. The molecule has 0 amide bonds. The number of benzene rings is 1. The molecule has 5 nitrogen and oxygen atoms in total. The van der Waals surface area contributed by atoms with Gasteiger partial charge in [0, 0.05) is 6.20 Å². The Morgan fingerprint density at radius 2 is 2.21 bits per heavy atom. The second kappa shape index (κ2) is 3.85. The summed E-state index contributed by atoms with van der Waals surface area (Å²) in [6.45, 7) is 4.25. The fourth-order valence-corrected chi connectivity index (χ4v) is 2.58. The second-order valence-corrected chi connectivity index (χ2v) is 4.86. The summed E-state index contributed by atoms with van der Waals surface area (Å²) in [5, 5.41) is 9.58. The molecule has 19 heavy (non-hydrogen) atoms. The van der Waals surface area contributed by atoms with Gasteiger partial charge in [0.25, 0.3) is 0 Å². The van der Waals surface area contributed by atoms with Gasteiger partial charge in [0.1, 0.15) is 17.4 Å². The van der Waals surface area contributed by atoms with Crippen molar-refractivity contribution in [3.8, 4) is 5.75 Å². The number of carboxylic acid groups (broad SMARTS) is 1. The van der Waals surface area contributed by atoms with Crippen LogP contribution in [0.3, 0.4) is 0 Å². The largest absolute Gasteiger partial charge is 0.487 e. The summed E-state index contributed by atoms with van der Waals surface area (Å²) in [7, 11) is 0. The quantitative estimate of drug-likeness (QED) is 0.847. The molecule has 2 aromatic rings. The van der Waals surface area contributed by atoms with Crippen molar-refractivity contribution in [1.29, 1.82) is 0 Å². The molecule has 1 aliphatic heterocycles. The lowest BCUT2D eigenvalue weighted by Crippen LogP contribution is -2.29. The molecule has 1 N–H and O–H groups in total. The maximum Gasteiger partial charge on any atom is 0.341 e. The average molecular weight is 259 g/mol. The van der Waals surface area contributed by atoms with Gasteiger partial charge in [0.15, 0.2) is 0 Å². The van der Waals surface area contributed by atoms with Crippen LogP contribution in [0.25, 0.3) is 10.9 Å². The van der Waals surface area contributed by atoms with E-state index in [0.29, 0.717) is 23.2 Å². The van der Waals surface area contributed by atoms with E-state index in [2.05, 4.69) is 0 Å². The summed E-state index contributed by atoms with van der Waals surface area (Å²) >= 11 is 0. The fourth-order valence-electron chi connectivity index (χ4n) is 2.58. The van der Waals surface area contributed by atoms with Crippen molar-refractivity contribution in [1.82, 2.24) is 4.57 Å². The molecule has 1 unspecified atom stereocenters. The predicted octanol–water partition coefficient (Wildman–Crippen LogP) is 1.79. The third-order valence-electron chi connectivity index (χ3n) is 3.41.